The van der Waals surface area contributed by atoms with Crippen molar-refractivity contribution in [2.24, 2.45) is 11.3 Å². The van der Waals surface area contributed by atoms with Gasteiger partial charge in [-0.3, -0.25) is 4.68 Å². The molecule has 2 aliphatic heterocycles. The molecule has 2 aromatic heterocycles. The van der Waals surface area contributed by atoms with Crippen LogP contribution in [0.15, 0.2) is 12.3 Å². The summed E-state index contributed by atoms with van der Waals surface area (Å²) in [5.74, 6) is 7.15. The molecule has 0 saturated carbocycles. The second-order valence-corrected chi connectivity index (χ2v) is 8.54. The van der Waals surface area contributed by atoms with Crippen LogP contribution in [-0.2, 0) is 11.3 Å². The Hall–Kier alpha value is -1.65. The van der Waals surface area contributed by atoms with Crippen molar-refractivity contribution in [3.05, 3.63) is 23.1 Å². The fourth-order valence-corrected chi connectivity index (χ4v) is 4.22. The van der Waals surface area contributed by atoms with Gasteiger partial charge in [0.1, 0.15) is 10.8 Å². The molecule has 0 amide bonds. The molecular formula is C21H27ClN4O2. The first-order chi connectivity index (χ1) is 13.6. The van der Waals surface area contributed by atoms with E-state index in [2.05, 4.69) is 28.8 Å². The van der Waals surface area contributed by atoms with Crippen molar-refractivity contribution in [3.63, 3.8) is 0 Å². The molecule has 2 aromatic rings. The minimum Gasteiger partial charge on any atom is -0.396 e. The topological polar surface area (TPSA) is 63.4 Å². The number of ether oxygens (including phenoxy) is 1. The molecule has 0 aromatic carbocycles. The lowest BCUT2D eigenvalue weighted by atomic mass is 9.81. The Morgan fingerprint density at radius 1 is 1.32 bits per heavy atom. The molecule has 2 saturated heterocycles. The van der Waals surface area contributed by atoms with Crippen LogP contribution < -0.4 is 0 Å². The van der Waals surface area contributed by atoms with Crippen molar-refractivity contribution < 1.29 is 9.84 Å². The summed E-state index contributed by atoms with van der Waals surface area (Å²) in [6, 6.07) is 1.84. The fraction of sp³-hybridized carbons (Fsp3) is 0.619. The van der Waals surface area contributed by atoms with Gasteiger partial charge in [0.2, 0.25) is 0 Å². The normalized spacial score (nSPS) is 20.8. The van der Waals surface area contributed by atoms with E-state index in [1.54, 1.807) is 6.20 Å². The molecule has 0 radical (unpaired) electrons. The summed E-state index contributed by atoms with van der Waals surface area (Å²) in [6.45, 7) is 4.27. The van der Waals surface area contributed by atoms with E-state index >= 15 is 0 Å². The van der Waals surface area contributed by atoms with E-state index in [1.807, 2.05) is 10.7 Å². The van der Waals surface area contributed by atoms with Gasteiger partial charge in [-0.1, -0.05) is 17.5 Å². The third kappa shape index (κ3) is 4.18. The molecule has 150 valence electrons. The molecule has 0 unspecified atom stereocenters. The molecule has 0 spiro atoms. The number of hydrogen-bond donors (Lipinski definition) is 1. The van der Waals surface area contributed by atoms with Gasteiger partial charge in [-0.25, -0.2) is 4.98 Å². The van der Waals surface area contributed by atoms with Crippen molar-refractivity contribution in [3.8, 4) is 11.8 Å². The van der Waals surface area contributed by atoms with Gasteiger partial charge in [0.05, 0.1) is 17.5 Å². The maximum atomic E-state index is 10.1. The van der Waals surface area contributed by atoms with Crippen molar-refractivity contribution in [2.45, 2.75) is 32.2 Å². The SMILES string of the molecule is CN1CCC(C#Cc2nn(CC3(CO)CCOCC3)c3cc(Cl)ncc23)CC1. The van der Waals surface area contributed by atoms with Crippen LogP contribution in [0.4, 0.5) is 0 Å². The predicted molar refractivity (Wildman–Crippen MR) is 109 cm³/mol. The summed E-state index contributed by atoms with van der Waals surface area (Å²) in [4.78, 5) is 6.58. The summed E-state index contributed by atoms with van der Waals surface area (Å²) in [5.41, 5.74) is 1.45. The van der Waals surface area contributed by atoms with Crippen molar-refractivity contribution >= 4 is 22.5 Å². The van der Waals surface area contributed by atoms with Gasteiger partial charge in [0.25, 0.3) is 0 Å². The third-order valence-electron chi connectivity index (χ3n) is 6.09. The van der Waals surface area contributed by atoms with E-state index < -0.39 is 0 Å². The van der Waals surface area contributed by atoms with Crippen LogP contribution in [0.1, 0.15) is 31.4 Å². The van der Waals surface area contributed by atoms with Crippen LogP contribution in [0.3, 0.4) is 0 Å². The zero-order valence-corrected chi connectivity index (χ0v) is 17.1. The zero-order chi connectivity index (χ0) is 19.6. The maximum absolute atomic E-state index is 10.1. The Bertz CT molecular complexity index is 887. The highest BCUT2D eigenvalue weighted by Gasteiger charge is 2.33. The van der Waals surface area contributed by atoms with Crippen LogP contribution in [0.5, 0.6) is 0 Å². The van der Waals surface area contributed by atoms with Gasteiger partial charge in [-0.15, -0.1) is 0 Å². The van der Waals surface area contributed by atoms with Gasteiger partial charge in [0.15, 0.2) is 0 Å². The molecular weight excluding hydrogens is 376 g/mol. The lowest BCUT2D eigenvalue weighted by Gasteiger charge is -2.35. The minimum atomic E-state index is -0.217. The van der Waals surface area contributed by atoms with Gasteiger partial charge in [0, 0.05) is 43.4 Å². The molecule has 6 nitrogen and oxygen atoms in total. The smallest absolute Gasteiger partial charge is 0.144 e. The first-order valence-corrected chi connectivity index (χ1v) is 10.4. The highest BCUT2D eigenvalue weighted by molar-refractivity contribution is 6.30. The van der Waals surface area contributed by atoms with E-state index in [0.29, 0.717) is 30.8 Å². The molecule has 2 fully saturated rings. The summed E-state index contributed by atoms with van der Waals surface area (Å²) in [5, 5.41) is 16.2. The standard InChI is InChI=1S/C21H27ClN4O2/c1-25-8-4-16(5-9-25)2-3-18-17-13-23-20(22)12-19(17)26(24-18)14-21(15-27)6-10-28-11-7-21/h12-13,16,27H,4-11,14-15H2,1H3. The summed E-state index contributed by atoms with van der Waals surface area (Å²) >= 11 is 6.16. The number of hydrogen-bond acceptors (Lipinski definition) is 5. The summed E-state index contributed by atoms with van der Waals surface area (Å²) in [6.07, 6.45) is 5.59. The summed E-state index contributed by atoms with van der Waals surface area (Å²) in [7, 11) is 2.15. The van der Waals surface area contributed by atoms with E-state index in [4.69, 9.17) is 21.4 Å². The number of nitrogens with zero attached hydrogens (tertiary/aromatic N) is 4. The molecule has 2 aliphatic rings. The third-order valence-corrected chi connectivity index (χ3v) is 6.30. The van der Waals surface area contributed by atoms with Gasteiger partial charge >= 0.3 is 0 Å². The monoisotopic (exact) mass is 402 g/mol. The predicted octanol–water partition coefficient (Wildman–Crippen LogP) is 2.57. The number of piperidine rings is 1. The minimum absolute atomic E-state index is 0.118. The van der Waals surface area contributed by atoms with Crippen LogP contribution in [0.2, 0.25) is 5.15 Å². The van der Waals surface area contributed by atoms with Gasteiger partial charge < -0.3 is 14.7 Å². The molecule has 0 atom stereocenters. The van der Waals surface area contributed by atoms with Crippen molar-refractivity contribution in [1.29, 1.82) is 0 Å². The second kappa shape index (κ2) is 8.38. The Morgan fingerprint density at radius 3 is 2.79 bits per heavy atom. The Labute approximate surface area is 170 Å². The Morgan fingerprint density at radius 2 is 2.07 bits per heavy atom. The zero-order valence-electron chi connectivity index (χ0n) is 16.3. The molecule has 1 N–H and O–H groups in total. The average molecular weight is 403 g/mol. The van der Waals surface area contributed by atoms with Crippen molar-refractivity contribution in [2.75, 3.05) is 40.0 Å². The second-order valence-electron chi connectivity index (χ2n) is 8.15. The van der Waals surface area contributed by atoms with E-state index in [-0.39, 0.29) is 12.0 Å². The molecule has 4 heterocycles. The number of rotatable bonds is 3. The molecule has 28 heavy (non-hydrogen) atoms. The highest BCUT2D eigenvalue weighted by Crippen LogP contribution is 2.33. The van der Waals surface area contributed by atoms with Crippen LogP contribution >= 0.6 is 11.6 Å². The Kier molecular flexibility index (Phi) is 5.88. The maximum Gasteiger partial charge on any atom is 0.144 e. The molecule has 0 bridgehead atoms. The van der Waals surface area contributed by atoms with Crippen LogP contribution in [-0.4, -0.2) is 64.7 Å². The van der Waals surface area contributed by atoms with E-state index in [0.717, 1.165) is 55.4 Å². The van der Waals surface area contributed by atoms with E-state index in [9.17, 15) is 5.11 Å². The number of fused-ring (bicyclic) bond motifs is 1. The molecule has 7 heteroatoms. The number of pyridine rings is 1. The number of aliphatic hydroxyl groups excluding tert-OH is 1. The first kappa shape index (κ1) is 19.7. The fourth-order valence-electron chi connectivity index (χ4n) is 4.07. The average Bonchev–Trinajstić information content (AvgIpc) is 3.04. The quantitative estimate of drug-likeness (QED) is 0.631. The molecule has 4 rings (SSSR count). The van der Waals surface area contributed by atoms with E-state index in [1.165, 1.54) is 0 Å². The summed E-state index contributed by atoms with van der Waals surface area (Å²) < 4.78 is 7.44. The highest BCUT2D eigenvalue weighted by atomic mass is 35.5. The Balaban J connectivity index is 1.65. The van der Waals surface area contributed by atoms with Gasteiger partial charge in [-0.05, 0) is 51.7 Å². The van der Waals surface area contributed by atoms with Crippen LogP contribution in [0.25, 0.3) is 10.9 Å². The number of likely N-dealkylation sites (tertiary alicyclic amines) is 1. The largest absolute Gasteiger partial charge is 0.396 e. The first-order valence-electron chi connectivity index (χ1n) is 9.99. The number of halogens is 1. The van der Waals surface area contributed by atoms with Gasteiger partial charge in [-0.2, -0.15) is 5.10 Å². The van der Waals surface area contributed by atoms with Crippen LogP contribution in [0, 0.1) is 23.2 Å². The van der Waals surface area contributed by atoms with Crippen molar-refractivity contribution in [1.82, 2.24) is 19.7 Å². The molecule has 0 aliphatic carbocycles. The number of aliphatic hydroxyl groups is 1. The lowest BCUT2D eigenvalue weighted by molar-refractivity contribution is -0.0263. The lowest BCUT2D eigenvalue weighted by Crippen LogP contribution is -2.37. The number of aromatic nitrogens is 3.